The highest BCUT2D eigenvalue weighted by atomic mass is 16.5. The molecule has 1 aromatic rings. The molecular formula is C16H22N2O3. The number of hydrogen-bond acceptors (Lipinski definition) is 3. The molecule has 5 heteroatoms. The summed E-state index contributed by atoms with van der Waals surface area (Å²) < 4.78 is 5.20. The number of rotatable bonds is 5. The summed E-state index contributed by atoms with van der Waals surface area (Å²) in [4.78, 5) is 26.3. The summed E-state index contributed by atoms with van der Waals surface area (Å²) in [7, 11) is 1.61. The van der Waals surface area contributed by atoms with Crippen LogP contribution in [0.3, 0.4) is 0 Å². The maximum absolute atomic E-state index is 12.5. The zero-order valence-electron chi connectivity index (χ0n) is 12.8. The summed E-state index contributed by atoms with van der Waals surface area (Å²) in [5.41, 5.74) is 0.964. The minimum atomic E-state index is -0.411. The predicted octanol–water partition coefficient (Wildman–Crippen LogP) is 1.71. The van der Waals surface area contributed by atoms with Crippen molar-refractivity contribution in [1.82, 2.24) is 10.2 Å². The Morgan fingerprint density at radius 3 is 2.62 bits per heavy atom. The number of nitrogens with one attached hydrogen (secondary N) is 1. The third kappa shape index (κ3) is 3.17. The first-order valence-electron chi connectivity index (χ1n) is 7.34. The number of nitrogens with zero attached hydrogens (tertiary/aromatic N) is 1. The highest BCUT2D eigenvalue weighted by Crippen LogP contribution is 2.20. The third-order valence-electron chi connectivity index (χ3n) is 3.86. The minimum Gasteiger partial charge on any atom is -0.497 e. The van der Waals surface area contributed by atoms with E-state index in [0.29, 0.717) is 19.4 Å². The molecule has 21 heavy (non-hydrogen) atoms. The molecule has 1 aliphatic rings. The van der Waals surface area contributed by atoms with E-state index < -0.39 is 12.1 Å². The summed E-state index contributed by atoms with van der Waals surface area (Å²) in [6.07, 6.45) is 1.22. The van der Waals surface area contributed by atoms with E-state index in [2.05, 4.69) is 5.32 Å². The third-order valence-corrected chi connectivity index (χ3v) is 3.86. The lowest BCUT2D eigenvalue weighted by Gasteiger charge is -2.38. The van der Waals surface area contributed by atoms with Gasteiger partial charge in [0.15, 0.2) is 0 Å². The van der Waals surface area contributed by atoms with Crippen molar-refractivity contribution in [2.24, 2.45) is 0 Å². The molecule has 2 amide bonds. The second-order valence-corrected chi connectivity index (χ2v) is 5.21. The highest BCUT2D eigenvalue weighted by Gasteiger charge is 2.38. The van der Waals surface area contributed by atoms with Crippen molar-refractivity contribution in [1.29, 1.82) is 0 Å². The minimum absolute atomic E-state index is 0.00762. The van der Waals surface area contributed by atoms with Crippen molar-refractivity contribution in [3.63, 3.8) is 0 Å². The van der Waals surface area contributed by atoms with E-state index in [-0.39, 0.29) is 11.8 Å². The number of carbonyl (C=O) groups excluding carboxylic acids is 2. The molecule has 0 aromatic heterocycles. The van der Waals surface area contributed by atoms with Crippen LogP contribution in [-0.4, -0.2) is 35.9 Å². The van der Waals surface area contributed by atoms with Gasteiger partial charge in [-0.1, -0.05) is 26.0 Å². The van der Waals surface area contributed by atoms with Gasteiger partial charge in [0.1, 0.15) is 17.8 Å². The van der Waals surface area contributed by atoms with Crippen LogP contribution in [-0.2, 0) is 16.1 Å². The number of amides is 2. The second kappa shape index (κ2) is 6.61. The van der Waals surface area contributed by atoms with Gasteiger partial charge in [-0.3, -0.25) is 9.59 Å². The molecule has 0 radical (unpaired) electrons. The van der Waals surface area contributed by atoms with Crippen LogP contribution in [0.1, 0.15) is 32.3 Å². The Morgan fingerprint density at radius 2 is 2.00 bits per heavy atom. The quantitative estimate of drug-likeness (QED) is 0.898. The van der Waals surface area contributed by atoms with Crippen LogP contribution in [0, 0.1) is 0 Å². The lowest BCUT2D eigenvalue weighted by Crippen LogP contribution is -2.62. The molecule has 1 aliphatic heterocycles. The van der Waals surface area contributed by atoms with Crippen molar-refractivity contribution in [3.8, 4) is 5.75 Å². The van der Waals surface area contributed by atoms with Gasteiger partial charge in [0.2, 0.25) is 11.8 Å². The monoisotopic (exact) mass is 290 g/mol. The number of methoxy groups -OCH3 is 1. The van der Waals surface area contributed by atoms with Crippen molar-refractivity contribution in [2.45, 2.75) is 45.3 Å². The van der Waals surface area contributed by atoms with Crippen LogP contribution in [0.25, 0.3) is 0 Å². The summed E-state index contributed by atoms with van der Waals surface area (Å²) in [5.74, 6) is 0.681. The maximum Gasteiger partial charge on any atom is 0.246 e. The molecule has 1 saturated heterocycles. The fourth-order valence-electron chi connectivity index (χ4n) is 2.66. The van der Waals surface area contributed by atoms with Gasteiger partial charge in [0, 0.05) is 6.54 Å². The molecule has 2 unspecified atom stereocenters. The van der Waals surface area contributed by atoms with E-state index in [0.717, 1.165) is 11.3 Å². The Hall–Kier alpha value is -2.04. The number of hydrogen-bond donors (Lipinski definition) is 1. The predicted molar refractivity (Wildman–Crippen MR) is 79.8 cm³/mol. The molecule has 114 valence electrons. The maximum atomic E-state index is 12.5. The van der Waals surface area contributed by atoms with Crippen LogP contribution in [0.5, 0.6) is 5.75 Å². The largest absolute Gasteiger partial charge is 0.497 e. The fourth-order valence-corrected chi connectivity index (χ4v) is 2.66. The molecule has 5 nitrogen and oxygen atoms in total. The van der Waals surface area contributed by atoms with Crippen LogP contribution in [0.4, 0.5) is 0 Å². The first-order valence-corrected chi connectivity index (χ1v) is 7.34. The van der Waals surface area contributed by atoms with Crippen molar-refractivity contribution >= 4 is 11.8 Å². The van der Waals surface area contributed by atoms with E-state index in [9.17, 15) is 9.59 Å². The molecule has 2 rings (SSSR count). The lowest BCUT2D eigenvalue weighted by atomic mass is 10.0. The van der Waals surface area contributed by atoms with Gasteiger partial charge >= 0.3 is 0 Å². The molecule has 1 N–H and O–H groups in total. The molecule has 1 heterocycles. The topological polar surface area (TPSA) is 58.6 Å². The average molecular weight is 290 g/mol. The van der Waals surface area contributed by atoms with E-state index in [1.165, 1.54) is 0 Å². The van der Waals surface area contributed by atoms with Crippen LogP contribution in [0.15, 0.2) is 24.3 Å². The van der Waals surface area contributed by atoms with Gasteiger partial charge in [-0.05, 0) is 30.5 Å². The molecule has 2 atom stereocenters. The summed E-state index contributed by atoms with van der Waals surface area (Å²) in [6.45, 7) is 4.25. The lowest BCUT2D eigenvalue weighted by molar-refractivity contribution is -0.150. The molecule has 0 bridgehead atoms. The Labute approximate surface area is 125 Å². The zero-order valence-corrected chi connectivity index (χ0v) is 12.8. The second-order valence-electron chi connectivity index (χ2n) is 5.21. The fraction of sp³-hybridized carbons (Fsp3) is 0.500. The summed E-state index contributed by atoms with van der Waals surface area (Å²) in [6, 6.07) is 6.78. The zero-order chi connectivity index (χ0) is 15.4. The van der Waals surface area contributed by atoms with Gasteiger partial charge in [-0.25, -0.2) is 0 Å². The average Bonchev–Trinajstić information content (AvgIpc) is 2.51. The first-order chi connectivity index (χ1) is 10.1. The Kier molecular flexibility index (Phi) is 4.83. The Morgan fingerprint density at radius 1 is 1.24 bits per heavy atom. The van der Waals surface area contributed by atoms with E-state index in [4.69, 9.17) is 4.74 Å². The number of piperazine rings is 1. The smallest absolute Gasteiger partial charge is 0.246 e. The number of ether oxygens (including phenoxy) is 1. The Bertz CT molecular complexity index is 530. The molecule has 1 fully saturated rings. The van der Waals surface area contributed by atoms with E-state index in [1.807, 2.05) is 38.1 Å². The van der Waals surface area contributed by atoms with Crippen molar-refractivity contribution in [2.75, 3.05) is 7.11 Å². The van der Waals surface area contributed by atoms with E-state index in [1.54, 1.807) is 12.0 Å². The SMILES string of the molecule is CCC1NC(=O)C(CC)N(Cc2cccc(OC)c2)C1=O. The van der Waals surface area contributed by atoms with Crippen LogP contribution < -0.4 is 10.1 Å². The Balaban J connectivity index is 2.24. The van der Waals surface area contributed by atoms with Gasteiger partial charge < -0.3 is 15.0 Å². The normalized spacial score (nSPS) is 22.1. The van der Waals surface area contributed by atoms with Gasteiger partial charge in [-0.15, -0.1) is 0 Å². The van der Waals surface area contributed by atoms with Crippen LogP contribution in [0.2, 0.25) is 0 Å². The molecule has 1 aromatic carbocycles. The van der Waals surface area contributed by atoms with Crippen molar-refractivity contribution < 1.29 is 14.3 Å². The van der Waals surface area contributed by atoms with Crippen molar-refractivity contribution in [3.05, 3.63) is 29.8 Å². The van der Waals surface area contributed by atoms with Gasteiger partial charge in [0.25, 0.3) is 0 Å². The number of carbonyl (C=O) groups is 2. The van der Waals surface area contributed by atoms with Crippen LogP contribution >= 0.6 is 0 Å². The summed E-state index contributed by atoms with van der Waals surface area (Å²) in [5, 5.41) is 2.80. The highest BCUT2D eigenvalue weighted by molar-refractivity contribution is 5.96. The number of benzene rings is 1. The standard InChI is InChI=1S/C16H22N2O3/c1-4-13-16(20)18(14(5-2)15(19)17-13)10-11-7-6-8-12(9-11)21-3/h6-9,13-14H,4-5,10H2,1-3H3,(H,17,19). The molecule has 0 aliphatic carbocycles. The first kappa shape index (κ1) is 15.4. The molecule has 0 saturated carbocycles. The van der Waals surface area contributed by atoms with Gasteiger partial charge in [-0.2, -0.15) is 0 Å². The van der Waals surface area contributed by atoms with Gasteiger partial charge in [0.05, 0.1) is 7.11 Å². The molecule has 0 spiro atoms. The van der Waals surface area contributed by atoms with E-state index >= 15 is 0 Å². The summed E-state index contributed by atoms with van der Waals surface area (Å²) >= 11 is 0. The molecular weight excluding hydrogens is 268 g/mol.